The van der Waals surface area contributed by atoms with E-state index in [-0.39, 0.29) is 27.9 Å². The smallest absolute Gasteiger partial charge is 0.416 e. The van der Waals surface area contributed by atoms with Gasteiger partial charge in [0.15, 0.2) is 0 Å². The summed E-state index contributed by atoms with van der Waals surface area (Å²) in [5.41, 5.74) is -1.27. The molecule has 0 aliphatic carbocycles. The van der Waals surface area contributed by atoms with Gasteiger partial charge in [-0.05, 0) is 45.0 Å². The Morgan fingerprint density at radius 3 is 2.27 bits per heavy atom. The lowest BCUT2D eigenvalue weighted by molar-refractivity contribution is -0.384. The summed E-state index contributed by atoms with van der Waals surface area (Å²) in [4.78, 5) is 10.6. The molecule has 0 aromatic heterocycles. The predicted molar refractivity (Wildman–Crippen MR) is 93.0 cm³/mol. The van der Waals surface area contributed by atoms with Crippen molar-refractivity contribution in [3.8, 4) is 11.5 Å². The Hall–Kier alpha value is -2.48. The molecule has 0 heterocycles. The standard InChI is InChI=1S/C17H16ClF3N2O3/c1-16(2,3)22-13-9-11(5-6-14(13)23(24)25)26-15-7-4-10(8-12(15)18)17(19,20)21/h4-9,22H,1-3H3. The predicted octanol–water partition coefficient (Wildman–Crippen LogP) is 6.27. The molecular weight excluding hydrogens is 373 g/mol. The van der Waals surface area contributed by atoms with Gasteiger partial charge in [-0.3, -0.25) is 10.1 Å². The fraction of sp³-hybridized carbons (Fsp3) is 0.294. The van der Waals surface area contributed by atoms with Gasteiger partial charge in [0, 0.05) is 17.7 Å². The maximum atomic E-state index is 12.7. The van der Waals surface area contributed by atoms with Crippen molar-refractivity contribution in [3.63, 3.8) is 0 Å². The Morgan fingerprint density at radius 2 is 1.77 bits per heavy atom. The van der Waals surface area contributed by atoms with Crippen molar-refractivity contribution in [2.45, 2.75) is 32.5 Å². The monoisotopic (exact) mass is 388 g/mol. The second kappa shape index (κ2) is 7.03. The Morgan fingerprint density at radius 1 is 1.12 bits per heavy atom. The van der Waals surface area contributed by atoms with E-state index >= 15 is 0 Å². The molecule has 0 aliphatic rings. The summed E-state index contributed by atoms with van der Waals surface area (Å²) in [6.07, 6.45) is -4.51. The minimum Gasteiger partial charge on any atom is -0.456 e. The molecule has 1 N–H and O–H groups in total. The molecule has 0 spiro atoms. The minimum atomic E-state index is -4.51. The highest BCUT2D eigenvalue weighted by Gasteiger charge is 2.31. The highest BCUT2D eigenvalue weighted by molar-refractivity contribution is 6.32. The van der Waals surface area contributed by atoms with Crippen molar-refractivity contribution in [1.29, 1.82) is 0 Å². The van der Waals surface area contributed by atoms with Gasteiger partial charge in [-0.1, -0.05) is 11.6 Å². The van der Waals surface area contributed by atoms with Gasteiger partial charge in [0.05, 0.1) is 15.5 Å². The normalized spacial score (nSPS) is 12.0. The van der Waals surface area contributed by atoms with E-state index in [4.69, 9.17) is 16.3 Å². The van der Waals surface area contributed by atoms with Crippen molar-refractivity contribution in [1.82, 2.24) is 0 Å². The van der Waals surface area contributed by atoms with E-state index in [9.17, 15) is 23.3 Å². The van der Waals surface area contributed by atoms with Gasteiger partial charge in [-0.2, -0.15) is 13.2 Å². The van der Waals surface area contributed by atoms with Gasteiger partial charge in [0.2, 0.25) is 0 Å². The second-order valence-electron chi connectivity index (χ2n) is 6.56. The fourth-order valence-electron chi connectivity index (χ4n) is 2.13. The van der Waals surface area contributed by atoms with Crippen molar-refractivity contribution < 1.29 is 22.8 Å². The molecule has 0 fully saturated rings. The van der Waals surface area contributed by atoms with Crippen LogP contribution in [-0.2, 0) is 6.18 Å². The Bertz CT molecular complexity index is 833. The van der Waals surface area contributed by atoms with Gasteiger partial charge < -0.3 is 10.1 Å². The Kier molecular flexibility index (Phi) is 5.36. The number of nitro benzene ring substituents is 1. The summed E-state index contributed by atoms with van der Waals surface area (Å²) in [6, 6.07) is 6.71. The van der Waals surface area contributed by atoms with E-state index in [0.717, 1.165) is 18.2 Å². The van der Waals surface area contributed by atoms with Crippen molar-refractivity contribution >= 4 is 23.0 Å². The lowest BCUT2D eigenvalue weighted by Crippen LogP contribution is -2.26. The number of benzene rings is 2. The van der Waals surface area contributed by atoms with E-state index in [1.807, 2.05) is 20.8 Å². The third-order valence-corrected chi connectivity index (χ3v) is 3.46. The zero-order chi connectivity index (χ0) is 19.7. The summed E-state index contributed by atoms with van der Waals surface area (Å²) in [7, 11) is 0. The van der Waals surface area contributed by atoms with Crippen LogP contribution in [0.3, 0.4) is 0 Å². The van der Waals surface area contributed by atoms with Crippen LogP contribution in [0, 0.1) is 10.1 Å². The molecule has 2 aromatic rings. The summed E-state index contributed by atoms with van der Waals surface area (Å²) < 4.78 is 43.6. The van der Waals surface area contributed by atoms with Crippen LogP contribution >= 0.6 is 11.6 Å². The number of ether oxygens (including phenoxy) is 1. The molecule has 0 radical (unpaired) electrons. The Balaban J connectivity index is 2.35. The average Bonchev–Trinajstić information content (AvgIpc) is 2.46. The summed E-state index contributed by atoms with van der Waals surface area (Å²) in [5, 5.41) is 13.9. The van der Waals surface area contributed by atoms with E-state index < -0.39 is 22.2 Å². The molecular formula is C17H16ClF3N2O3. The quantitative estimate of drug-likeness (QED) is 0.495. The molecule has 0 aliphatic heterocycles. The number of nitro groups is 1. The molecule has 5 nitrogen and oxygen atoms in total. The van der Waals surface area contributed by atoms with Crippen molar-refractivity contribution in [3.05, 3.63) is 57.1 Å². The number of rotatable bonds is 4. The number of nitrogens with zero attached hydrogens (tertiary/aromatic N) is 1. The zero-order valence-corrected chi connectivity index (χ0v) is 14.9. The molecule has 2 rings (SSSR count). The molecule has 0 atom stereocenters. The van der Waals surface area contributed by atoms with Gasteiger partial charge in [0.1, 0.15) is 17.2 Å². The van der Waals surface area contributed by atoms with Crippen LogP contribution in [0.4, 0.5) is 24.5 Å². The molecule has 0 amide bonds. The van der Waals surface area contributed by atoms with Crippen LogP contribution < -0.4 is 10.1 Å². The third kappa shape index (κ3) is 5.01. The molecule has 2 aromatic carbocycles. The first-order chi connectivity index (χ1) is 11.9. The maximum absolute atomic E-state index is 12.7. The van der Waals surface area contributed by atoms with Crippen LogP contribution in [-0.4, -0.2) is 10.5 Å². The topological polar surface area (TPSA) is 64.4 Å². The Labute approximate surface area is 152 Å². The van der Waals surface area contributed by atoms with Crippen LogP contribution in [0.25, 0.3) is 0 Å². The largest absolute Gasteiger partial charge is 0.456 e. The molecule has 140 valence electrons. The SMILES string of the molecule is CC(C)(C)Nc1cc(Oc2ccc(C(F)(F)F)cc2Cl)ccc1[N+](=O)[O-]. The first-order valence-electron chi connectivity index (χ1n) is 7.48. The summed E-state index contributed by atoms with van der Waals surface area (Å²) in [5.74, 6) is 0.208. The first-order valence-corrected chi connectivity index (χ1v) is 7.86. The average molecular weight is 389 g/mol. The van der Waals surface area contributed by atoms with Gasteiger partial charge in [0.25, 0.3) is 5.69 Å². The summed E-state index contributed by atoms with van der Waals surface area (Å²) >= 11 is 5.86. The molecule has 0 bridgehead atoms. The molecule has 0 saturated carbocycles. The molecule has 26 heavy (non-hydrogen) atoms. The number of nitrogens with one attached hydrogen (secondary N) is 1. The summed E-state index contributed by atoms with van der Waals surface area (Å²) in [6.45, 7) is 5.49. The number of hydrogen-bond acceptors (Lipinski definition) is 4. The molecule has 0 saturated heterocycles. The number of alkyl halides is 3. The number of hydrogen-bond donors (Lipinski definition) is 1. The van der Waals surface area contributed by atoms with Gasteiger partial charge >= 0.3 is 6.18 Å². The lowest BCUT2D eigenvalue weighted by atomic mass is 10.1. The van der Waals surface area contributed by atoms with E-state index in [2.05, 4.69) is 5.32 Å². The minimum absolute atomic E-state index is 0.00947. The van der Waals surface area contributed by atoms with Gasteiger partial charge in [-0.25, -0.2) is 0 Å². The number of halogens is 4. The zero-order valence-electron chi connectivity index (χ0n) is 14.1. The second-order valence-corrected chi connectivity index (χ2v) is 6.96. The van der Waals surface area contributed by atoms with Gasteiger partial charge in [-0.15, -0.1) is 0 Å². The third-order valence-electron chi connectivity index (χ3n) is 3.16. The van der Waals surface area contributed by atoms with E-state index in [1.54, 1.807) is 0 Å². The van der Waals surface area contributed by atoms with Crippen molar-refractivity contribution in [2.24, 2.45) is 0 Å². The number of anilines is 1. The molecule has 9 heteroatoms. The first kappa shape index (κ1) is 19.8. The van der Waals surface area contributed by atoms with Crippen LogP contribution in [0.5, 0.6) is 11.5 Å². The maximum Gasteiger partial charge on any atom is 0.416 e. The fourth-order valence-corrected chi connectivity index (χ4v) is 2.35. The van der Waals surface area contributed by atoms with Crippen LogP contribution in [0.15, 0.2) is 36.4 Å². The molecule has 0 unspecified atom stereocenters. The van der Waals surface area contributed by atoms with E-state index in [1.165, 1.54) is 18.2 Å². The highest BCUT2D eigenvalue weighted by atomic mass is 35.5. The highest BCUT2D eigenvalue weighted by Crippen LogP contribution is 2.38. The lowest BCUT2D eigenvalue weighted by Gasteiger charge is -2.22. The van der Waals surface area contributed by atoms with E-state index in [0.29, 0.717) is 0 Å². The van der Waals surface area contributed by atoms with Crippen LogP contribution in [0.1, 0.15) is 26.3 Å². The van der Waals surface area contributed by atoms with Crippen LogP contribution in [0.2, 0.25) is 5.02 Å². The van der Waals surface area contributed by atoms with Crippen molar-refractivity contribution in [2.75, 3.05) is 5.32 Å².